The molecule has 0 fully saturated rings. The van der Waals surface area contributed by atoms with Gasteiger partial charge in [0.25, 0.3) is 5.69 Å². The summed E-state index contributed by atoms with van der Waals surface area (Å²) < 4.78 is 1.57. The molecule has 0 unspecified atom stereocenters. The van der Waals surface area contributed by atoms with Crippen LogP contribution in [0.2, 0.25) is 10.0 Å². The molecule has 3 aromatic rings. The Hall–Kier alpha value is -3.63. The Morgan fingerprint density at radius 3 is 2.26 bits per heavy atom. The van der Waals surface area contributed by atoms with Crippen molar-refractivity contribution in [3.8, 4) is 5.69 Å². The van der Waals surface area contributed by atoms with Crippen molar-refractivity contribution in [2.75, 3.05) is 23.7 Å². The number of benzene rings is 2. The maximum atomic E-state index is 13.1. The minimum Gasteiger partial charge on any atom is -0.315 e. The number of hydrogen-bond donors (Lipinski definition) is 2. The highest BCUT2D eigenvalue weighted by molar-refractivity contribution is 6.42. The van der Waals surface area contributed by atoms with E-state index < -0.39 is 16.9 Å². The van der Waals surface area contributed by atoms with Crippen LogP contribution in [-0.2, 0) is 10.2 Å². The number of amides is 3. The van der Waals surface area contributed by atoms with Gasteiger partial charge in [-0.1, -0.05) is 57.8 Å². The normalized spacial score (nSPS) is 11.4. The molecule has 202 valence electrons. The Morgan fingerprint density at radius 1 is 1.05 bits per heavy atom. The molecule has 3 amide bonds. The average Bonchev–Trinajstić information content (AvgIpc) is 3.24. The minimum atomic E-state index is -0.519. The summed E-state index contributed by atoms with van der Waals surface area (Å²) in [5.41, 5.74) is 1.35. The highest BCUT2D eigenvalue weighted by atomic mass is 35.5. The zero-order valence-corrected chi connectivity index (χ0v) is 23.3. The van der Waals surface area contributed by atoms with Gasteiger partial charge in [0, 0.05) is 35.8 Å². The maximum Gasteiger partial charge on any atom is 0.322 e. The smallest absolute Gasteiger partial charge is 0.315 e. The summed E-state index contributed by atoms with van der Waals surface area (Å²) in [6.07, 6.45) is 0. The predicted molar refractivity (Wildman–Crippen MR) is 149 cm³/mol. The average molecular weight is 561 g/mol. The molecule has 0 aliphatic carbocycles. The van der Waals surface area contributed by atoms with E-state index in [-0.39, 0.29) is 23.6 Å². The van der Waals surface area contributed by atoms with Crippen LogP contribution in [0.5, 0.6) is 0 Å². The summed E-state index contributed by atoms with van der Waals surface area (Å²) in [5.74, 6) is 0.0735. The van der Waals surface area contributed by atoms with Gasteiger partial charge in [-0.2, -0.15) is 5.10 Å². The molecule has 1 aromatic heterocycles. The first-order valence-corrected chi connectivity index (χ1v) is 12.7. The number of nitro groups is 1. The van der Waals surface area contributed by atoms with E-state index in [4.69, 9.17) is 23.2 Å². The number of carbonyl (C=O) groups excluding carboxylic acids is 2. The van der Waals surface area contributed by atoms with E-state index in [1.807, 2.05) is 34.6 Å². The fourth-order valence-corrected chi connectivity index (χ4v) is 3.83. The van der Waals surface area contributed by atoms with Crippen molar-refractivity contribution in [3.05, 3.63) is 74.4 Å². The molecule has 38 heavy (non-hydrogen) atoms. The first kappa shape index (κ1) is 28.9. The zero-order valence-electron chi connectivity index (χ0n) is 21.8. The van der Waals surface area contributed by atoms with Gasteiger partial charge in [-0.05, 0) is 36.2 Å². The van der Waals surface area contributed by atoms with Crippen molar-refractivity contribution >= 4 is 52.3 Å². The summed E-state index contributed by atoms with van der Waals surface area (Å²) in [6.45, 7) is 9.96. The van der Waals surface area contributed by atoms with E-state index in [0.717, 1.165) is 5.69 Å². The van der Waals surface area contributed by atoms with E-state index in [9.17, 15) is 19.7 Å². The van der Waals surface area contributed by atoms with Crippen molar-refractivity contribution in [1.82, 2.24) is 14.7 Å². The molecule has 1 heterocycles. The van der Waals surface area contributed by atoms with Gasteiger partial charge in [0.05, 0.1) is 26.3 Å². The lowest BCUT2D eigenvalue weighted by Crippen LogP contribution is -2.42. The fraction of sp³-hybridized carbons (Fsp3) is 0.346. The molecule has 0 spiro atoms. The second-order valence-electron chi connectivity index (χ2n) is 10.2. The van der Waals surface area contributed by atoms with Crippen molar-refractivity contribution in [2.45, 2.75) is 40.0 Å². The molecule has 0 aliphatic rings. The first-order valence-electron chi connectivity index (χ1n) is 11.9. The molecule has 0 saturated carbocycles. The number of nitro benzene ring substituents is 1. The number of rotatable bonds is 8. The topological polar surface area (TPSA) is 122 Å². The van der Waals surface area contributed by atoms with Gasteiger partial charge in [-0.3, -0.25) is 14.9 Å². The maximum absolute atomic E-state index is 13.1. The largest absolute Gasteiger partial charge is 0.322 e. The van der Waals surface area contributed by atoms with Crippen LogP contribution < -0.4 is 10.6 Å². The summed E-state index contributed by atoms with van der Waals surface area (Å²) in [5, 5.41) is 21.9. The first-order chi connectivity index (χ1) is 17.7. The van der Waals surface area contributed by atoms with Crippen molar-refractivity contribution in [3.63, 3.8) is 0 Å². The van der Waals surface area contributed by atoms with Gasteiger partial charge in [0.1, 0.15) is 12.4 Å². The third-order valence-electron chi connectivity index (χ3n) is 5.43. The summed E-state index contributed by atoms with van der Waals surface area (Å²) in [7, 11) is 0. The van der Waals surface area contributed by atoms with Crippen LogP contribution >= 0.6 is 23.2 Å². The van der Waals surface area contributed by atoms with E-state index in [0.29, 0.717) is 33.8 Å². The van der Waals surface area contributed by atoms with Crippen LogP contribution in [0, 0.1) is 16.0 Å². The number of halogens is 2. The Balaban J connectivity index is 1.82. The quantitative estimate of drug-likeness (QED) is 0.240. The number of hydrogen-bond acceptors (Lipinski definition) is 5. The molecule has 0 atom stereocenters. The molecule has 0 saturated heterocycles. The predicted octanol–water partition coefficient (Wildman–Crippen LogP) is 6.51. The van der Waals surface area contributed by atoms with Crippen molar-refractivity contribution in [2.24, 2.45) is 5.92 Å². The van der Waals surface area contributed by atoms with Gasteiger partial charge < -0.3 is 15.5 Å². The second kappa shape index (κ2) is 11.8. The number of nitrogens with zero attached hydrogens (tertiary/aromatic N) is 4. The molecule has 12 heteroatoms. The summed E-state index contributed by atoms with van der Waals surface area (Å²) in [6, 6.07) is 11.8. The lowest BCUT2D eigenvalue weighted by Gasteiger charge is -2.24. The third-order valence-corrected chi connectivity index (χ3v) is 6.17. The van der Waals surface area contributed by atoms with Gasteiger partial charge in [0.15, 0.2) is 0 Å². The lowest BCUT2D eigenvalue weighted by molar-refractivity contribution is -0.384. The molecule has 3 rings (SSSR count). The summed E-state index contributed by atoms with van der Waals surface area (Å²) in [4.78, 5) is 37.9. The zero-order chi connectivity index (χ0) is 28.2. The van der Waals surface area contributed by atoms with Crippen LogP contribution in [0.1, 0.15) is 40.3 Å². The number of carbonyl (C=O) groups is 2. The molecule has 0 aliphatic heterocycles. The molecule has 0 radical (unpaired) electrons. The molecule has 10 nitrogen and oxygen atoms in total. The SMILES string of the molecule is CC(C)CN(CC(=O)Nc1cc(C(C)(C)C)nn1-c1ccc(Cl)c(Cl)c1)C(=O)Nc1ccc([N+](=O)[O-])cc1. The Morgan fingerprint density at radius 2 is 1.71 bits per heavy atom. The van der Waals surface area contributed by atoms with Gasteiger partial charge >= 0.3 is 6.03 Å². The highest BCUT2D eigenvalue weighted by Crippen LogP contribution is 2.29. The van der Waals surface area contributed by atoms with Crippen LogP contribution in [0.25, 0.3) is 5.69 Å². The van der Waals surface area contributed by atoms with Gasteiger partial charge in [0.2, 0.25) is 5.91 Å². The van der Waals surface area contributed by atoms with E-state index in [1.54, 1.807) is 28.9 Å². The second-order valence-corrected chi connectivity index (χ2v) is 11.0. The summed E-state index contributed by atoms with van der Waals surface area (Å²) >= 11 is 12.3. The van der Waals surface area contributed by atoms with Crippen LogP contribution in [-0.4, -0.2) is 44.6 Å². The number of urea groups is 1. The number of nitrogens with one attached hydrogen (secondary N) is 2. The molecule has 0 bridgehead atoms. The third kappa shape index (κ3) is 7.45. The Kier molecular flexibility index (Phi) is 9.01. The van der Waals surface area contributed by atoms with Crippen molar-refractivity contribution < 1.29 is 14.5 Å². The van der Waals surface area contributed by atoms with E-state index in [1.165, 1.54) is 29.2 Å². The minimum absolute atomic E-state index is 0.0830. The number of non-ortho nitro benzene ring substituents is 1. The Labute approximate surface area is 231 Å². The van der Waals surface area contributed by atoms with E-state index in [2.05, 4.69) is 15.7 Å². The number of anilines is 2. The van der Waals surface area contributed by atoms with Gasteiger partial charge in [-0.25, -0.2) is 9.48 Å². The van der Waals surface area contributed by atoms with Crippen LogP contribution in [0.15, 0.2) is 48.5 Å². The van der Waals surface area contributed by atoms with Crippen LogP contribution in [0.4, 0.5) is 22.0 Å². The monoisotopic (exact) mass is 560 g/mol. The van der Waals surface area contributed by atoms with E-state index >= 15 is 0 Å². The lowest BCUT2D eigenvalue weighted by atomic mass is 9.92. The van der Waals surface area contributed by atoms with Gasteiger partial charge in [-0.15, -0.1) is 0 Å². The fourth-order valence-electron chi connectivity index (χ4n) is 3.54. The number of aromatic nitrogens is 2. The van der Waals surface area contributed by atoms with Crippen molar-refractivity contribution in [1.29, 1.82) is 0 Å². The molecular weight excluding hydrogens is 531 g/mol. The molecule has 2 aromatic carbocycles. The molecular formula is C26H30Cl2N6O4. The molecule has 2 N–H and O–H groups in total. The van der Waals surface area contributed by atoms with Crippen LogP contribution in [0.3, 0.4) is 0 Å². The standard InChI is InChI=1S/C26H30Cl2N6O4/c1-16(2)14-32(25(36)29-17-6-8-18(9-7-17)34(37)38)15-24(35)30-23-13-22(26(3,4)5)31-33(23)19-10-11-20(27)21(28)12-19/h6-13,16H,14-15H2,1-5H3,(H,29,36)(H,30,35). The Bertz CT molecular complexity index is 1330. The highest BCUT2D eigenvalue weighted by Gasteiger charge is 2.24.